The van der Waals surface area contributed by atoms with E-state index >= 15 is 0 Å². The van der Waals surface area contributed by atoms with Gasteiger partial charge in [0.25, 0.3) is 5.69 Å². The summed E-state index contributed by atoms with van der Waals surface area (Å²) in [4.78, 5) is 10.1. The van der Waals surface area contributed by atoms with E-state index < -0.39 is 20.6 Å². The second-order valence-corrected chi connectivity index (χ2v) is 7.06. The predicted molar refractivity (Wildman–Crippen MR) is 98.3 cm³/mol. The number of nitrogens with zero attached hydrogens (tertiary/aromatic N) is 2. The topological polar surface area (TPSA) is 107 Å². The van der Waals surface area contributed by atoms with E-state index in [0.717, 1.165) is 5.56 Å². The van der Waals surface area contributed by atoms with Crippen LogP contribution in [0, 0.1) is 10.1 Å². The van der Waals surface area contributed by atoms with Crippen LogP contribution in [-0.2, 0) is 16.4 Å². The highest BCUT2D eigenvalue weighted by molar-refractivity contribution is 7.89. The van der Waals surface area contributed by atoms with Crippen molar-refractivity contribution in [2.45, 2.75) is 11.3 Å². The van der Waals surface area contributed by atoms with E-state index in [-0.39, 0.29) is 36.9 Å². The average molecular weight is 386 g/mol. The van der Waals surface area contributed by atoms with Gasteiger partial charge in [0, 0.05) is 25.7 Å². The van der Waals surface area contributed by atoms with Crippen LogP contribution in [0.15, 0.2) is 59.5 Å². The van der Waals surface area contributed by atoms with Crippen molar-refractivity contribution in [1.29, 1.82) is 0 Å². The Morgan fingerprint density at radius 2 is 1.60 bits per heavy atom. The van der Waals surface area contributed by atoms with Crippen LogP contribution < -0.4 is 5.73 Å². The standard InChI is InChI=1S/C16H19N3O4S.ClH/c17-11-13-18(12-10-14-6-2-1-3-7-14)24(22,23)16-9-5-4-8-15(16)19(20)21;/h1-9H,10-13,17H2;1H. The number of benzene rings is 2. The number of rotatable bonds is 8. The molecule has 2 aromatic rings. The fourth-order valence-corrected chi connectivity index (χ4v) is 3.97. The zero-order valence-electron chi connectivity index (χ0n) is 13.4. The van der Waals surface area contributed by atoms with E-state index in [9.17, 15) is 18.5 Å². The van der Waals surface area contributed by atoms with Crippen molar-refractivity contribution in [3.05, 3.63) is 70.3 Å². The summed E-state index contributed by atoms with van der Waals surface area (Å²) in [6.07, 6.45) is 0.501. The number of para-hydroxylation sites is 1. The van der Waals surface area contributed by atoms with Gasteiger partial charge >= 0.3 is 0 Å². The van der Waals surface area contributed by atoms with Gasteiger partial charge in [-0.25, -0.2) is 8.42 Å². The molecule has 2 N–H and O–H groups in total. The van der Waals surface area contributed by atoms with Gasteiger partial charge < -0.3 is 5.73 Å². The first kappa shape index (κ1) is 21.0. The van der Waals surface area contributed by atoms with Crippen molar-refractivity contribution >= 4 is 28.1 Å². The molecule has 9 heteroatoms. The largest absolute Gasteiger partial charge is 0.329 e. The normalized spacial score (nSPS) is 11.1. The quantitative estimate of drug-likeness (QED) is 0.553. The minimum atomic E-state index is -4.00. The maximum absolute atomic E-state index is 12.8. The molecule has 0 spiro atoms. The Kier molecular flexibility index (Phi) is 7.98. The lowest BCUT2D eigenvalue weighted by molar-refractivity contribution is -0.387. The summed E-state index contributed by atoms with van der Waals surface area (Å²) in [7, 11) is -4.00. The molecule has 2 aromatic carbocycles. The van der Waals surface area contributed by atoms with Crippen LogP contribution in [0.1, 0.15) is 5.56 Å². The molecule has 7 nitrogen and oxygen atoms in total. The number of nitrogens with two attached hydrogens (primary N) is 1. The molecule has 0 fully saturated rings. The first-order valence-electron chi connectivity index (χ1n) is 7.44. The molecule has 0 aromatic heterocycles. The summed E-state index contributed by atoms with van der Waals surface area (Å²) in [6.45, 7) is 0.436. The molecule has 0 heterocycles. The molecule has 0 saturated carbocycles. The highest BCUT2D eigenvalue weighted by atomic mass is 35.5. The molecule has 0 aliphatic carbocycles. The molecular formula is C16H20ClN3O4S. The van der Waals surface area contributed by atoms with Crippen molar-refractivity contribution in [3.63, 3.8) is 0 Å². The zero-order valence-corrected chi connectivity index (χ0v) is 15.1. The number of sulfonamides is 1. The SMILES string of the molecule is Cl.NCCN(CCc1ccccc1)S(=O)(=O)c1ccccc1[N+](=O)[O-]. The molecule has 0 saturated heterocycles. The van der Waals surface area contributed by atoms with E-state index in [2.05, 4.69) is 0 Å². The van der Waals surface area contributed by atoms with Crippen LogP contribution in [0.3, 0.4) is 0 Å². The Morgan fingerprint density at radius 1 is 1.00 bits per heavy atom. The lowest BCUT2D eigenvalue weighted by Gasteiger charge is -2.21. The molecule has 136 valence electrons. The van der Waals surface area contributed by atoms with Gasteiger partial charge in [0.15, 0.2) is 4.90 Å². The fourth-order valence-electron chi connectivity index (χ4n) is 2.36. The van der Waals surface area contributed by atoms with Gasteiger partial charge in [-0.2, -0.15) is 4.31 Å². The predicted octanol–water partition coefficient (Wildman–Crippen LogP) is 2.21. The minimum Gasteiger partial charge on any atom is -0.329 e. The molecular weight excluding hydrogens is 366 g/mol. The summed E-state index contributed by atoms with van der Waals surface area (Å²) in [5.41, 5.74) is 6.08. The molecule has 0 aliphatic rings. The number of hydrogen-bond acceptors (Lipinski definition) is 5. The fraction of sp³-hybridized carbons (Fsp3) is 0.250. The summed E-state index contributed by atoms with van der Waals surface area (Å²) in [6, 6.07) is 14.8. The Bertz CT molecular complexity index is 800. The summed E-state index contributed by atoms with van der Waals surface area (Å²) in [5, 5.41) is 11.1. The highest BCUT2D eigenvalue weighted by Gasteiger charge is 2.30. The average Bonchev–Trinajstić information content (AvgIpc) is 2.59. The summed E-state index contributed by atoms with van der Waals surface area (Å²) >= 11 is 0. The van der Waals surface area contributed by atoms with Crippen molar-refractivity contribution in [2.75, 3.05) is 19.6 Å². The third-order valence-corrected chi connectivity index (χ3v) is 5.50. The lowest BCUT2D eigenvalue weighted by atomic mass is 10.1. The van der Waals surface area contributed by atoms with Crippen molar-refractivity contribution in [2.24, 2.45) is 5.73 Å². The summed E-state index contributed by atoms with van der Waals surface area (Å²) < 4.78 is 26.9. The van der Waals surface area contributed by atoms with E-state index in [1.807, 2.05) is 30.3 Å². The van der Waals surface area contributed by atoms with E-state index in [1.54, 1.807) is 0 Å². The summed E-state index contributed by atoms with van der Waals surface area (Å²) in [5.74, 6) is 0. The van der Waals surface area contributed by atoms with Gasteiger partial charge in [-0.05, 0) is 18.1 Å². The van der Waals surface area contributed by atoms with Crippen LogP contribution in [0.4, 0.5) is 5.69 Å². The zero-order chi connectivity index (χ0) is 17.6. The molecule has 25 heavy (non-hydrogen) atoms. The number of nitro benzene ring substituents is 1. The van der Waals surface area contributed by atoms with Crippen molar-refractivity contribution in [3.8, 4) is 0 Å². The number of hydrogen-bond donors (Lipinski definition) is 1. The molecule has 0 aliphatic heterocycles. The van der Waals surface area contributed by atoms with Crippen LogP contribution in [0.25, 0.3) is 0 Å². The number of halogens is 1. The Hall–Kier alpha value is -2.00. The van der Waals surface area contributed by atoms with E-state index in [1.165, 1.54) is 28.6 Å². The molecule has 0 unspecified atom stereocenters. The van der Waals surface area contributed by atoms with Gasteiger partial charge in [-0.1, -0.05) is 42.5 Å². The van der Waals surface area contributed by atoms with Crippen LogP contribution in [0.2, 0.25) is 0 Å². The Labute approximate surface area is 153 Å². The monoisotopic (exact) mass is 385 g/mol. The van der Waals surface area contributed by atoms with E-state index in [0.29, 0.717) is 6.42 Å². The lowest BCUT2D eigenvalue weighted by Crippen LogP contribution is -2.37. The second-order valence-electron chi connectivity index (χ2n) is 5.15. The molecule has 0 atom stereocenters. The Morgan fingerprint density at radius 3 is 2.20 bits per heavy atom. The molecule has 0 bridgehead atoms. The van der Waals surface area contributed by atoms with Gasteiger partial charge in [-0.3, -0.25) is 10.1 Å². The first-order chi connectivity index (χ1) is 11.5. The number of nitro groups is 1. The second kappa shape index (κ2) is 9.47. The third-order valence-electron chi connectivity index (χ3n) is 3.55. The molecule has 2 rings (SSSR count). The van der Waals surface area contributed by atoms with Crippen molar-refractivity contribution in [1.82, 2.24) is 4.31 Å². The van der Waals surface area contributed by atoms with Gasteiger partial charge in [0.1, 0.15) is 0 Å². The molecule has 0 radical (unpaired) electrons. The van der Waals surface area contributed by atoms with Crippen LogP contribution in [0.5, 0.6) is 0 Å². The van der Waals surface area contributed by atoms with Crippen molar-refractivity contribution < 1.29 is 13.3 Å². The Balaban J connectivity index is 0.00000312. The van der Waals surface area contributed by atoms with E-state index in [4.69, 9.17) is 5.73 Å². The van der Waals surface area contributed by atoms with Gasteiger partial charge in [0.2, 0.25) is 10.0 Å². The van der Waals surface area contributed by atoms with Crippen LogP contribution >= 0.6 is 12.4 Å². The van der Waals surface area contributed by atoms with Crippen LogP contribution in [-0.4, -0.2) is 37.3 Å². The van der Waals surface area contributed by atoms with Gasteiger partial charge in [0.05, 0.1) is 4.92 Å². The maximum atomic E-state index is 12.8. The first-order valence-corrected chi connectivity index (χ1v) is 8.88. The minimum absolute atomic E-state index is 0. The maximum Gasteiger partial charge on any atom is 0.289 e. The smallest absolute Gasteiger partial charge is 0.289 e. The van der Waals surface area contributed by atoms with Gasteiger partial charge in [-0.15, -0.1) is 12.4 Å². The highest BCUT2D eigenvalue weighted by Crippen LogP contribution is 2.26. The molecule has 0 amide bonds. The third kappa shape index (κ3) is 5.23.